The molecule has 0 rings (SSSR count). The number of unbranched alkanes of at least 4 members (excludes halogenated alkanes) is 2. The Hall–Kier alpha value is -0.0400. The van der Waals surface area contributed by atoms with Gasteiger partial charge < -0.3 is 5.32 Å². The molecule has 0 atom stereocenters. The molecule has 0 heterocycles. The van der Waals surface area contributed by atoms with E-state index >= 15 is 0 Å². The molecule has 98 valence electrons. The van der Waals surface area contributed by atoms with Crippen molar-refractivity contribution in [3.63, 3.8) is 0 Å². The van der Waals surface area contributed by atoms with Crippen LogP contribution in [0.2, 0.25) is 0 Å². The Morgan fingerprint density at radius 3 is 2.06 bits per heavy atom. The third-order valence-corrected chi connectivity index (χ3v) is 3.12. The first-order chi connectivity index (χ1) is 7.33. The quantitative estimate of drug-likeness (QED) is 0.567. The lowest BCUT2D eigenvalue weighted by Gasteiger charge is -2.26. The van der Waals surface area contributed by atoms with E-state index in [1.807, 2.05) is 0 Å². The van der Waals surface area contributed by atoms with Crippen LogP contribution in [0.15, 0.2) is 0 Å². The van der Waals surface area contributed by atoms with Gasteiger partial charge in [-0.3, -0.25) is 0 Å². The zero-order valence-electron chi connectivity index (χ0n) is 12.4. The zero-order valence-corrected chi connectivity index (χ0v) is 12.4. The summed E-state index contributed by atoms with van der Waals surface area (Å²) in [5.41, 5.74) is 0.460. The molecule has 0 amide bonds. The summed E-state index contributed by atoms with van der Waals surface area (Å²) in [7, 11) is 0. The Morgan fingerprint density at radius 2 is 1.56 bits per heavy atom. The van der Waals surface area contributed by atoms with E-state index in [4.69, 9.17) is 0 Å². The van der Waals surface area contributed by atoms with Crippen LogP contribution in [-0.2, 0) is 0 Å². The van der Waals surface area contributed by atoms with E-state index in [2.05, 4.69) is 46.9 Å². The van der Waals surface area contributed by atoms with Crippen LogP contribution < -0.4 is 5.32 Å². The first kappa shape index (κ1) is 16.0. The Balaban J connectivity index is 3.50. The minimum absolute atomic E-state index is 0.460. The SMILES string of the molecule is CC(C)CCCCCC(C)(C)CNC(C)C. The summed E-state index contributed by atoms with van der Waals surface area (Å²) >= 11 is 0. The molecule has 0 unspecified atom stereocenters. The lowest BCUT2D eigenvalue weighted by molar-refractivity contribution is 0.291. The van der Waals surface area contributed by atoms with Gasteiger partial charge in [0.05, 0.1) is 0 Å². The van der Waals surface area contributed by atoms with Crippen molar-refractivity contribution in [1.82, 2.24) is 5.32 Å². The van der Waals surface area contributed by atoms with Crippen LogP contribution in [0.5, 0.6) is 0 Å². The second-order valence-corrected chi connectivity index (χ2v) is 6.69. The fourth-order valence-corrected chi connectivity index (χ4v) is 1.90. The molecule has 0 fully saturated rings. The van der Waals surface area contributed by atoms with Gasteiger partial charge in [-0.1, -0.05) is 67.2 Å². The molecule has 0 aliphatic carbocycles. The van der Waals surface area contributed by atoms with E-state index in [9.17, 15) is 0 Å². The zero-order chi connectivity index (χ0) is 12.6. The largest absolute Gasteiger partial charge is 0.314 e. The van der Waals surface area contributed by atoms with Crippen molar-refractivity contribution < 1.29 is 0 Å². The van der Waals surface area contributed by atoms with Crippen LogP contribution in [0.4, 0.5) is 0 Å². The lowest BCUT2D eigenvalue weighted by Crippen LogP contribution is -2.33. The highest BCUT2D eigenvalue weighted by molar-refractivity contribution is 4.72. The van der Waals surface area contributed by atoms with Crippen LogP contribution in [0.3, 0.4) is 0 Å². The molecule has 0 saturated carbocycles. The average Bonchev–Trinajstić information content (AvgIpc) is 2.14. The number of rotatable bonds is 9. The molecule has 0 aromatic rings. The van der Waals surface area contributed by atoms with Crippen molar-refractivity contribution in [2.24, 2.45) is 11.3 Å². The van der Waals surface area contributed by atoms with Crippen LogP contribution in [0.1, 0.15) is 73.6 Å². The molecule has 16 heavy (non-hydrogen) atoms. The monoisotopic (exact) mass is 227 g/mol. The van der Waals surface area contributed by atoms with Crippen molar-refractivity contribution in [3.05, 3.63) is 0 Å². The molecular formula is C15H33N. The third-order valence-electron chi connectivity index (χ3n) is 3.12. The predicted molar refractivity (Wildman–Crippen MR) is 74.8 cm³/mol. The van der Waals surface area contributed by atoms with Crippen molar-refractivity contribution in [2.75, 3.05) is 6.54 Å². The van der Waals surface area contributed by atoms with Crippen LogP contribution in [-0.4, -0.2) is 12.6 Å². The number of hydrogen-bond donors (Lipinski definition) is 1. The molecule has 0 aliphatic rings. The van der Waals surface area contributed by atoms with Gasteiger partial charge in [-0.05, 0) is 17.8 Å². The van der Waals surface area contributed by atoms with Crippen molar-refractivity contribution in [3.8, 4) is 0 Å². The highest BCUT2D eigenvalue weighted by atomic mass is 14.9. The van der Waals surface area contributed by atoms with Gasteiger partial charge in [-0.2, -0.15) is 0 Å². The third kappa shape index (κ3) is 10.5. The van der Waals surface area contributed by atoms with Gasteiger partial charge in [0.1, 0.15) is 0 Å². The Bertz CT molecular complexity index is 159. The van der Waals surface area contributed by atoms with Gasteiger partial charge >= 0.3 is 0 Å². The molecular weight excluding hydrogens is 194 g/mol. The Labute approximate surface area is 103 Å². The maximum absolute atomic E-state index is 3.54. The topological polar surface area (TPSA) is 12.0 Å². The van der Waals surface area contributed by atoms with Gasteiger partial charge in [0.15, 0.2) is 0 Å². The summed E-state index contributed by atoms with van der Waals surface area (Å²) in [5, 5.41) is 3.54. The van der Waals surface area contributed by atoms with E-state index in [0.717, 1.165) is 12.5 Å². The predicted octanol–water partition coefficient (Wildman–Crippen LogP) is 4.62. The van der Waals surface area contributed by atoms with Crippen LogP contribution >= 0.6 is 0 Å². The second kappa shape index (κ2) is 8.11. The van der Waals surface area contributed by atoms with Crippen molar-refractivity contribution in [1.29, 1.82) is 0 Å². The van der Waals surface area contributed by atoms with Crippen molar-refractivity contribution in [2.45, 2.75) is 79.7 Å². The highest BCUT2D eigenvalue weighted by Gasteiger charge is 2.17. The number of nitrogens with one attached hydrogen (secondary N) is 1. The van der Waals surface area contributed by atoms with Crippen molar-refractivity contribution >= 4 is 0 Å². The minimum Gasteiger partial charge on any atom is -0.314 e. The van der Waals surface area contributed by atoms with Gasteiger partial charge in [0.2, 0.25) is 0 Å². The molecule has 1 N–H and O–H groups in total. The summed E-state index contributed by atoms with van der Waals surface area (Å²) in [5.74, 6) is 0.871. The first-order valence-corrected chi connectivity index (χ1v) is 7.07. The summed E-state index contributed by atoms with van der Waals surface area (Å²) in [6.45, 7) is 15.0. The molecule has 0 aromatic carbocycles. The van der Waals surface area contributed by atoms with Gasteiger partial charge in [0.25, 0.3) is 0 Å². The van der Waals surface area contributed by atoms with E-state index < -0.39 is 0 Å². The van der Waals surface area contributed by atoms with Crippen LogP contribution in [0, 0.1) is 11.3 Å². The first-order valence-electron chi connectivity index (χ1n) is 7.07. The molecule has 1 nitrogen and oxygen atoms in total. The number of hydrogen-bond acceptors (Lipinski definition) is 1. The summed E-state index contributed by atoms with van der Waals surface area (Å²) < 4.78 is 0. The summed E-state index contributed by atoms with van der Waals surface area (Å²) in [4.78, 5) is 0. The standard InChI is InChI=1S/C15H33N/c1-13(2)10-8-7-9-11-15(5,6)12-16-14(3)4/h13-14,16H,7-12H2,1-6H3. The molecule has 0 radical (unpaired) electrons. The van der Waals surface area contributed by atoms with Gasteiger partial charge in [-0.15, -0.1) is 0 Å². The lowest BCUT2D eigenvalue weighted by atomic mass is 9.86. The fraction of sp³-hybridized carbons (Fsp3) is 1.00. The Kier molecular flexibility index (Phi) is 8.09. The van der Waals surface area contributed by atoms with E-state index in [0.29, 0.717) is 11.5 Å². The molecule has 0 aromatic heterocycles. The van der Waals surface area contributed by atoms with E-state index in [1.165, 1.54) is 32.1 Å². The Morgan fingerprint density at radius 1 is 0.938 bits per heavy atom. The molecule has 0 aliphatic heterocycles. The smallest absolute Gasteiger partial charge is 0.00106 e. The van der Waals surface area contributed by atoms with Gasteiger partial charge in [-0.25, -0.2) is 0 Å². The fourth-order valence-electron chi connectivity index (χ4n) is 1.90. The maximum atomic E-state index is 3.54. The normalized spacial score (nSPS) is 12.8. The summed E-state index contributed by atoms with van der Waals surface area (Å²) in [6, 6.07) is 0.611. The van der Waals surface area contributed by atoms with Gasteiger partial charge in [0, 0.05) is 12.6 Å². The average molecular weight is 227 g/mol. The highest BCUT2D eigenvalue weighted by Crippen LogP contribution is 2.23. The van der Waals surface area contributed by atoms with Crippen LogP contribution in [0.25, 0.3) is 0 Å². The minimum atomic E-state index is 0.460. The maximum Gasteiger partial charge on any atom is 0.00106 e. The summed E-state index contributed by atoms with van der Waals surface area (Å²) in [6.07, 6.45) is 6.95. The molecule has 1 heteroatoms. The molecule has 0 spiro atoms. The van der Waals surface area contributed by atoms with E-state index in [-0.39, 0.29) is 0 Å². The second-order valence-electron chi connectivity index (χ2n) is 6.69. The molecule has 0 bridgehead atoms. The van der Waals surface area contributed by atoms with E-state index in [1.54, 1.807) is 0 Å². The molecule has 0 saturated heterocycles.